The van der Waals surface area contributed by atoms with E-state index >= 15 is 0 Å². The van der Waals surface area contributed by atoms with Crippen molar-refractivity contribution in [2.45, 2.75) is 40.7 Å². The standard InChI is InChI=1S/C11H12O3.2C2H6/c1-8(12)10-4-2-3-5-11(10)14-7-9-6-13-9;2*1-2/h2-5,9H,6-7H2,1H3;2*1-2H3. The van der Waals surface area contributed by atoms with E-state index in [-0.39, 0.29) is 11.9 Å². The second-order valence-electron chi connectivity index (χ2n) is 3.32. The van der Waals surface area contributed by atoms with E-state index in [1.54, 1.807) is 12.1 Å². The molecule has 1 saturated heterocycles. The lowest BCUT2D eigenvalue weighted by atomic mass is 10.1. The van der Waals surface area contributed by atoms with E-state index in [1.165, 1.54) is 6.92 Å². The van der Waals surface area contributed by atoms with Crippen LogP contribution >= 0.6 is 0 Å². The molecule has 0 radical (unpaired) electrons. The summed E-state index contributed by atoms with van der Waals surface area (Å²) < 4.78 is 10.5. The van der Waals surface area contributed by atoms with Crippen molar-refractivity contribution >= 4 is 5.78 Å². The lowest BCUT2D eigenvalue weighted by Crippen LogP contribution is -2.07. The fourth-order valence-electron chi connectivity index (χ4n) is 1.23. The quantitative estimate of drug-likeness (QED) is 0.605. The Balaban J connectivity index is 0.000000659. The molecule has 3 nitrogen and oxygen atoms in total. The molecule has 1 aromatic carbocycles. The number of rotatable bonds is 4. The molecular formula is C15H24O3. The maximum Gasteiger partial charge on any atom is 0.163 e. The molecule has 0 saturated carbocycles. The van der Waals surface area contributed by atoms with Crippen molar-refractivity contribution in [1.29, 1.82) is 0 Å². The molecule has 1 atom stereocenters. The molecule has 0 aliphatic carbocycles. The van der Waals surface area contributed by atoms with Crippen LogP contribution < -0.4 is 4.74 Å². The van der Waals surface area contributed by atoms with Crippen LogP contribution in [-0.4, -0.2) is 25.1 Å². The van der Waals surface area contributed by atoms with E-state index in [0.717, 1.165) is 6.61 Å². The van der Waals surface area contributed by atoms with Crippen molar-refractivity contribution in [1.82, 2.24) is 0 Å². The largest absolute Gasteiger partial charge is 0.490 e. The first kappa shape index (κ1) is 16.6. The number of epoxide rings is 1. The first-order valence-corrected chi connectivity index (χ1v) is 6.62. The smallest absolute Gasteiger partial charge is 0.163 e. The number of hydrogen-bond donors (Lipinski definition) is 0. The van der Waals surface area contributed by atoms with Gasteiger partial charge in [0.2, 0.25) is 0 Å². The minimum absolute atomic E-state index is 0.0253. The second-order valence-corrected chi connectivity index (χ2v) is 3.32. The van der Waals surface area contributed by atoms with Crippen molar-refractivity contribution < 1.29 is 14.3 Å². The predicted molar refractivity (Wildman–Crippen MR) is 74.4 cm³/mol. The van der Waals surface area contributed by atoms with Gasteiger partial charge in [0.1, 0.15) is 18.5 Å². The van der Waals surface area contributed by atoms with Gasteiger partial charge in [0.15, 0.2) is 5.78 Å². The Morgan fingerprint density at radius 3 is 2.33 bits per heavy atom. The molecule has 0 bridgehead atoms. The number of carbonyl (C=O) groups excluding carboxylic acids is 1. The van der Waals surface area contributed by atoms with E-state index < -0.39 is 0 Å². The van der Waals surface area contributed by atoms with E-state index in [4.69, 9.17) is 9.47 Å². The van der Waals surface area contributed by atoms with E-state index in [9.17, 15) is 4.79 Å². The summed E-state index contributed by atoms with van der Waals surface area (Å²) in [7, 11) is 0. The molecule has 0 amide bonds. The number of Topliss-reactive ketones (excluding diaryl/α,β-unsaturated/α-hetero) is 1. The maximum atomic E-state index is 11.2. The van der Waals surface area contributed by atoms with Crippen molar-refractivity contribution in [3.05, 3.63) is 29.8 Å². The van der Waals surface area contributed by atoms with Crippen LogP contribution in [0.25, 0.3) is 0 Å². The normalized spacial score (nSPS) is 15.5. The highest BCUT2D eigenvalue weighted by atomic mass is 16.6. The highest BCUT2D eigenvalue weighted by molar-refractivity contribution is 5.96. The monoisotopic (exact) mass is 252 g/mol. The average molecular weight is 252 g/mol. The lowest BCUT2D eigenvalue weighted by molar-refractivity contribution is 0.101. The Morgan fingerprint density at radius 2 is 1.83 bits per heavy atom. The van der Waals surface area contributed by atoms with Gasteiger partial charge < -0.3 is 9.47 Å². The summed E-state index contributed by atoms with van der Waals surface area (Å²) in [6, 6.07) is 7.26. The maximum absolute atomic E-state index is 11.2. The highest BCUT2D eigenvalue weighted by Crippen LogP contribution is 2.20. The van der Waals surface area contributed by atoms with E-state index in [1.807, 2.05) is 39.8 Å². The van der Waals surface area contributed by atoms with Crippen molar-refractivity contribution in [3.63, 3.8) is 0 Å². The van der Waals surface area contributed by atoms with Gasteiger partial charge in [-0.3, -0.25) is 4.79 Å². The minimum Gasteiger partial charge on any atom is -0.490 e. The number of carbonyl (C=O) groups is 1. The molecule has 18 heavy (non-hydrogen) atoms. The second kappa shape index (κ2) is 9.66. The third-order valence-electron chi connectivity index (χ3n) is 2.09. The zero-order valence-electron chi connectivity index (χ0n) is 12.0. The first-order valence-electron chi connectivity index (χ1n) is 6.62. The average Bonchev–Trinajstić information content (AvgIpc) is 3.25. The Bertz CT molecular complexity index is 343. The SMILES string of the molecule is CC.CC.CC(=O)c1ccccc1OCC1CO1. The van der Waals surface area contributed by atoms with Crippen LogP contribution in [0.4, 0.5) is 0 Å². The van der Waals surface area contributed by atoms with E-state index in [0.29, 0.717) is 17.9 Å². The zero-order chi connectivity index (χ0) is 14.0. The molecule has 102 valence electrons. The number of ketones is 1. The summed E-state index contributed by atoms with van der Waals surface area (Å²) in [6.45, 7) is 10.8. The topological polar surface area (TPSA) is 38.8 Å². The molecular weight excluding hydrogens is 228 g/mol. The summed E-state index contributed by atoms with van der Waals surface area (Å²) in [5.41, 5.74) is 0.633. The van der Waals surface area contributed by atoms with Crippen LogP contribution in [0, 0.1) is 0 Å². The summed E-state index contributed by atoms with van der Waals surface area (Å²) >= 11 is 0. The molecule has 1 aliphatic rings. The molecule has 3 heteroatoms. The molecule has 0 N–H and O–H groups in total. The molecule has 1 aromatic rings. The Morgan fingerprint density at radius 1 is 1.28 bits per heavy atom. The number of ether oxygens (including phenoxy) is 2. The third kappa shape index (κ3) is 5.82. The van der Waals surface area contributed by atoms with Gasteiger partial charge in [-0.15, -0.1) is 0 Å². The van der Waals surface area contributed by atoms with E-state index in [2.05, 4.69) is 0 Å². The van der Waals surface area contributed by atoms with Crippen molar-refractivity contribution in [2.75, 3.05) is 13.2 Å². The Kier molecular flexibility index (Phi) is 8.93. The molecule has 1 aliphatic heterocycles. The molecule has 2 rings (SSSR count). The summed E-state index contributed by atoms with van der Waals surface area (Å²) in [4.78, 5) is 11.2. The van der Waals surface area contributed by atoms with Crippen LogP contribution in [0.1, 0.15) is 45.0 Å². The van der Waals surface area contributed by atoms with Crippen LogP contribution in [0.2, 0.25) is 0 Å². The number of hydrogen-bond acceptors (Lipinski definition) is 3. The highest BCUT2D eigenvalue weighted by Gasteiger charge is 2.23. The zero-order valence-corrected chi connectivity index (χ0v) is 12.0. The molecule has 1 heterocycles. The van der Waals surface area contributed by atoms with Gasteiger partial charge in [-0.2, -0.15) is 0 Å². The Hall–Kier alpha value is -1.35. The van der Waals surface area contributed by atoms with Gasteiger partial charge in [-0.25, -0.2) is 0 Å². The van der Waals surface area contributed by atoms with Crippen LogP contribution in [0.5, 0.6) is 5.75 Å². The van der Waals surface area contributed by atoms with Gasteiger partial charge in [0, 0.05) is 0 Å². The van der Waals surface area contributed by atoms with Gasteiger partial charge in [0.25, 0.3) is 0 Å². The third-order valence-corrected chi connectivity index (χ3v) is 2.09. The lowest BCUT2D eigenvalue weighted by Gasteiger charge is -2.07. The van der Waals surface area contributed by atoms with Gasteiger partial charge in [0.05, 0.1) is 12.2 Å². The summed E-state index contributed by atoms with van der Waals surface area (Å²) in [5, 5.41) is 0. The molecule has 0 aromatic heterocycles. The van der Waals surface area contributed by atoms with Crippen LogP contribution in [0.15, 0.2) is 24.3 Å². The fourth-order valence-corrected chi connectivity index (χ4v) is 1.23. The fraction of sp³-hybridized carbons (Fsp3) is 0.533. The number of para-hydroxylation sites is 1. The van der Waals surface area contributed by atoms with Crippen molar-refractivity contribution in [2.24, 2.45) is 0 Å². The van der Waals surface area contributed by atoms with Crippen LogP contribution in [-0.2, 0) is 4.74 Å². The Labute approximate surface area is 110 Å². The van der Waals surface area contributed by atoms with Gasteiger partial charge in [-0.05, 0) is 19.1 Å². The number of benzene rings is 1. The van der Waals surface area contributed by atoms with Crippen LogP contribution in [0.3, 0.4) is 0 Å². The predicted octanol–water partition coefficient (Wildman–Crippen LogP) is 3.72. The molecule has 0 spiro atoms. The summed E-state index contributed by atoms with van der Waals surface area (Å²) in [6.07, 6.45) is 0.218. The van der Waals surface area contributed by atoms with Gasteiger partial charge >= 0.3 is 0 Å². The molecule has 1 fully saturated rings. The van der Waals surface area contributed by atoms with Crippen molar-refractivity contribution in [3.8, 4) is 5.75 Å². The van der Waals surface area contributed by atoms with Gasteiger partial charge in [-0.1, -0.05) is 39.8 Å². The minimum atomic E-state index is 0.0253. The first-order chi connectivity index (χ1) is 8.77. The summed E-state index contributed by atoms with van der Waals surface area (Å²) in [5.74, 6) is 0.674. The molecule has 1 unspecified atom stereocenters.